The molecule has 3 aliphatic rings. The van der Waals surface area contributed by atoms with Crippen LogP contribution in [0, 0.1) is 11.8 Å². The smallest absolute Gasteiger partial charge is 0.243 e. The Balaban J connectivity index is 1.47. The Kier molecular flexibility index (Phi) is 6.00. The van der Waals surface area contributed by atoms with Crippen LogP contribution in [0.15, 0.2) is 30.3 Å². The molecular formula is C23H30N2O3S. The van der Waals surface area contributed by atoms with Crippen molar-refractivity contribution in [3.05, 3.63) is 35.9 Å². The fraction of sp³-hybridized carbons (Fsp3) is 0.609. The van der Waals surface area contributed by atoms with Crippen molar-refractivity contribution in [2.75, 3.05) is 18.6 Å². The summed E-state index contributed by atoms with van der Waals surface area (Å²) < 4.78 is 0. The highest BCUT2D eigenvalue weighted by Gasteiger charge is 2.52. The van der Waals surface area contributed by atoms with Crippen LogP contribution in [-0.2, 0) is 19.8 Å². The van der Waals surface area contributed by atoms with Crippen LogP contribution >= 0.6 is 11.8 Å². The Morgan fingerprint density at radius 1 is 1.14 bits per heavy atom. The second kappa shape index (κ2) is 8.50. The largest absolute Gasteiger partial charge is 0.353 e. The molecular weight excluding hydrogens is 384 g/mol. The van der Waals surface area contributed by atoms with Gasteiger partial charge in [-0.25, -0.2) is 0 Å². The Hall–Kier alpha value is -1.82. The van der Waals surface area contributed by atoms with Crippen molar-refractivity contribution < 1.29 is 14.4 Å². The average molecular weight is 415 g/mol. The molecule has 1 heterocycles. The number of nitrogens with one attached hydrogen (secondary N) is 1. The van der Waals surface area contributed by atoms with Gasteiger partial charge in [-0.1, -0.05) is 43.2 Å². The molecule has 3 fully saturated rings. The third-order valence-electron chi connectivity index (χ3n) is 6.93. The lowest BCUT2D eigenvalue weighted by Crippen LogP contribution is -2.51. The number of carbonyl (C=O) groups is 3. The summed E-state index contributed by atoms with van der Waals surface area (Å²) in [6.07, 6.45) is 8.15. The molecule has 1 aliphatic heterocycles. The van der Waals surface area contributed by atoms with Crippen molar-refractivity contribution in [3.63, 3.8) is 0 Å². The lowest BCUT2D eigenvalue weighted by atomic mass is 9.81. The topological polar surface area (TPSA) is 66.5 Å². The van der Waals surface area contributed by atoms with E-state index in [0.717, 1.165) is 44.3 Å². The van der Waals surface area contributed by atoms with Gasteiger partial charge in [0.2, 0.25) is 17.7 Å². The number of nitrogens with zero attached hydrogens (tertiary/aromatic N) is 1. The second-order valence-corrected chi connectivity index (χ2v) is 9.69. The maximum atomic E-state index is 13.2. The molecule has 3 atom stereocenters. The van der Waals surface area contributed by atoms with Crippen LogP contribution < -0.4 is 5.32 Å². The molecule has 2 saturated carbocycles. The summed E-state index contributed by atoms with van der Waals surface area (Å²) in [5.74, 6) is -0.0920. The summed E-state index contributed by atoms with van der Waals surface area (Å²) in [5, 5.41) is 3.10. The molecule has 2 aliphatic carbocycles. The second-order valence-electron chi connectivity index (χ2n) is 8.71. The molecule has 4 rings (SSSR count). The molecule has 6 heteroatoms. The van der Waals surface area contributed by atoms with Crippen molar-refractivity contribution in [2.45, 2.75) is 56.4 Å². The minimum atomic E-state index is -0.681. The van der Waals surface area contributed by atoms with Gasteiger partial charge in [-0.3, -0.25) is 19.3 Å². The predicted octanol–water partition coefficient (Wildman–Crippen LogP) is 3.13. The van der Waals surface area contributed by atoms with E-state index < -0.39 is 6.04 Å². The minimum Gasteiger partial charge on any atom is -0.353 e. The molecule has 156 valence electrons. The first-order valence-electron chi connectivity index (χ1n) is 10.8. The minimum absolute atomic E-state index is 0.00793. The van der Waals surface area contributed by atoms with Crippen molar-refractivity contribution in [3.8, 4) is 0 Å². The fourth-order valence-corrected chi connectivity index (χ4v) is 5.45. The maximum absolute atomic E-state index is 13.2. The van der Waals surface area contributed by atoms with Crippen LogP contribution in [-0.4, -0.2) is 47.2 Å². The van der Waals surface area contributed by atoms with E-state index in [1.54, 1.807) is 11.8 Å². The summed E-state index contributed by atoms with van der Waals surface area (Å²) in [4.78, 5) is 40.5. The highest BCUT2D eigenvalue weighted by Crippen LogP contribution is 2.47. The Morgan fingerprint density at radius 3 is 2.31 bits per heavy atom. The number of rotatable bonds is 8. The van der Waals surface area contributed by atoms with Gasteiger partial charge in [0, 0.05) is 12.0 Å². The monoisotopic (exact) mass is 414 g/mol. The van der Waals surface area contributed by atoms with Crippen LogP contribution in [0.1, 0.15) is 50.5 Å². The molecule has 0 aromatic heterocycles. The quantitative estimate of drug-likeness (QED) is 0.664. The van der Waals surface area contributed by atoms with Crippen molar-refractivity contribution in [1.29, 1.82) is 0 Å². The third-order valence-corrected chi connectivity index (χ3v) is 7.57. The van der Waals surface area contributed by atoms with Crippen LogP contribution in [0.25, 0.3) is 0 Å². The van der Waals surface area contributed by atoms with E-state index in [2.05, 4.69) is 17.4 Å². The van der Waals surface area contributed by atoms with Crippen LogP contribution in [0.5, 0.6) is 0 Å². The van der Waals surface area contributed by atoms with Gasteiger partial charge in [-0.2, -0.15) is 11.8 Å². The molecule has 3 amide bonds. The number of hydrogen-bond donors (Lipinski definition) is 1. The van der Waals surface area contributed by atoms with Crippen LogP contribution in [0.4, 0.5) is 0 Å². The van der Waals surface area contributed by atoms with Gasteiger partial charge in [0.1, 0.15) is 6.04 Å². The summed E-state index contributed by atoms with van der Waals surface area (Å²) in [5.41, 5.74) is 1.26. The summed E-state index contributed by atoms with van der Waals surface area (Å²) in [6, 6.07) is 9.61. The number of fused-ring (bicyclic) bond motifs is 1. The number of likely N-dealkylation sites (tertiary alicyclic amines) is 1. The predicted molar refractivity (Wildman–Crippen MR) is 114 cm³/mol. The Bertz CT molecular complexity index is 754. The zero-order valence-corrected chi connectivity index (χ0v) is 17.9. The summed E-state index contributed by atoms with van der Waals surface area (Å²) in [7, 11) is 0. The molecule has 0 radical (unpaired) electrons. The number of benzene rings is 1. The first-order valence-corrected chi connectivity index (χ1v) is 12.2. The number of amides is 3. The van der Waals surface area contributed by atoms with E-state index in [1.807, 2.05) is 24.5 Å². The standard InChI is InChI=1S/C23H30N2O3S/c1-29-14-11-19(25-21(27)17-9-5-6-10-18(17)22(25)28)20(26)24-15-23(12-13-23)16-7-3-2-4-8-16/h2-4,7-8,17-19H,5-6,9-15H2,1H3,(H,24,26)/t17-,18-,19+/m0/s1. The molecule has 0 unspecified atom stereocenters. The fourth-order valence-electron chi connectivity index (χ4n) is 4.99. The van der Waals surface area contributed by atoms with Crippen LogP contribution in [0.3, 0.4) is 0 Å². The molecule has 1 aromatic rings. The molecule has 1 N–H and O–H groups in total. The first-order chi connectivity index (χ1) is 14.1. The van der Waals surface area contributed by atoms with E-state index in [1.165, 1.54) is 10.5 Å². The average Bonchev–Trinajstić information content (AvgIpc) is 3.51. The summed E-state index contributed by atoms with van der Waals surface area (Å²) in [6.45, 7) is 0.564. The van der Waals surface area contributed by atoms with Gasteiger partial charge in [0.25, 0.3) is 0 Å². The van der Waals surface area contributed by atoms with Gasteiger partial charge < -0.3 is 5.32 Å². The van der Waals surface area contributed by atoms with E-state index in [-0.39, 0.29) is 35.0 Å². The third kappa shape index (κ3) is 3.96. The lowest BCUT2D eigenvalue weighted by Gasteiger charge is -2.27. The Labute approximate surface area is 177 Å². The molecule has 0 spiro atoms. The highest BCUT2D eigenvalue weighted by molar-refractivity contribution is 7.98. The number of thioether (sulfide) groups is 1. The normalized spacial score (nSPS) is 26.2. The van der Waals surface area contributed by atoms with E-state index in [0.29, 0.717) is 13.0 Å². The van der Waals surface area contributed by atoms with Crippen LogP contribution in [0.2, 0.25) is 0 Å². The molecule has 5 nitrogen and oxygen atoms in total. The number of carbonyl (C=O) groups excluding carboxylic acids is 3. The van der Waals surface area contributed by atoms with Gasteiger partial charge in [-0.05, 0) is 49.7 Å². The van der Waals surface area contributed by atoms with E-state index in [9.17, 15) is 14.4 Å². The molecule has 29 heavy (non-hydrogen) atoms. The van der Waals surface area contributed by atoms with Gasteiger partial charge >= 0.3 is 0 Å². The maximum Gasteiger partial charge on any atom is 0.243 e. The molecule has 1 aromatic carbocycles. The van der Waals surface area contributed by atoms with Gasteiger partial charge in [0.05, 0.1) is 11.8 Å². The molecule has 1 saturated heterocycles. The van der Waals surface area contributed by atoms with Crippen molar-refractivity contribution in [1.82, 2.24) is 10.2 Å². The molecule has 0 bridgehead atoms. The Morgan fingerprint density at radius 2 is 1.76 bits per heavy atom. The van der Waals surface area contributed by atoms with Crippen molar-refractivity contribution >= 4 is 29.5 Å². The highest BCUT2D eigenvalue weighted by atomic mass is 32.2. The van der Waals surface area contributed by atoms with E-state index in [4.69, 9.17) is 0 Å². The SMILES string of the molecule is CSCC[C@H](C(=O)NCC1(c2ccccc2)CC1)N1C(=O)[C@H]2CCCC[C@@H]2C1=O. The number of imide groups is 1. The first kappa shape index (κ1) is 20.5. The van der Waals surface area contributed by atoms with Gasteiger partial charge in [-0.15, -0.1) is 0 Å². The zero-order chi connectivity index (χ0) is 20.4. The zero-order valence-electron chi connectivity index (χ0n) is 17.1. The van der Waals surface area contributed by atoms with E-state index >= 15 is 0 Å². The number of hydrogen-bond acceptors (Lipinski definition) is 4. The summed E-state index contributed by atoms with van der Waals surface area (Å²) >= 11 is 1.64. The van der Waals surface area contributed by atoms with Gasteiger partial charge in [0.15, 0.2) is 0 Å². The van der Waals surface area contributed by atoms with Crippen molar-refractivity contribution in [2.24, 2.45) is 11.8 Å². The lowest BCUT2D eigenvalue weighted by molar-refractivity contribution is -0.148.